The minimum atomic E-state index is -0.664. The molecule has 40 heavy (non-hydrogen) atoms. The van der Waals surface area contributed by atoms with Crippen molar-refractivity contribution < 1.29 is 28.5 Å². The molecule has 0 fully saturated rings. The van der Waals surface area contributed by atoms with E-state index in [1.54, 1.807) is 12.1 Å². The van der Waals surface area contributed by atoms with Crippen LogP contribution in [0.15, 0.2) is 79.2 Å². The van der Waals surface area contributed by atoms with Crippen molar-refractivity contribution in [1.29, 1.82) is 0 Å². The van der Waals surface area contributed by atoms with Gasteiger partial charge in [-0.05, 0) is 62.6 Å². The molecule has 0 atom stereocenters. The highest BCUT2D eigenvalue weighted by Crippen LogP contribution is 2.39. The number of halogens is 3. The average molecular weight is 735 g/mol. The highest BCUT2D eigenvalue weighted by molar-refractivity contribution is 9.11. The third-order valence-corrected chi connectivity index (χ3v) is 7.58. The Morgan fingerprint density at radius 3 is 2.15 bits per heavy atom. The maximum atomic E-state index is 13.1. The maximum Gasteiger partial charge on any atom is 0.343 e. The highest BCUT2D eigenvalue weighted by Gasteiger charge is 2.21. The van der Waals surface area contributed by atoms with Crippen molar-refractivity contribution in [2.45, 2.75) is 6.42 Å². The van der Waals surface area contributed by atoms with Crippen molar-refractivity contribution in [1.82, 2.24) is 5.43 Å². The summed E-state index contributed by atoms with van der Waals surface area (Å²) in [6.07, 6.45) is 1.54. The van der Waals surface area contributed by atoms with Crippen molar-refractivity contribution in [2.24, 2.45) is 5.10 Å². The van der Waals surface area contributed by atoms with E-state index < -0.39 is 5.97 Å². The molecule has 0 unspecified atom stereocenters. The summed E-state index contributed by atoms with van der Waals surface area (Å²) in [5.41, 5.74) is 4.05. The van der Waals surface area contributed by atoms with Gasteiger partial charge in [0.05, 0.1) is 44.0 Å². The highest BCUT2D eigenvalue weighted by atomic mass is 79.9. The number of fused-ring (bicyclic) bond motifs is 1. The molecule has 4 aromatic carbocycles. The van der Waals surface area contributed by atoms with Gasteiger partial charge in [0.1, 0.15) is 0 Å². The molecule has 0 aliphatic heterocycles. The Hall–Kier alpha value is -3.41. The van der Waals surface area contributed by atoms with Gasteiger partial charge in [0.15, 0.2) is 17.2 Å². The molecular formula is C29H23Br3N2O6. The molecule has 4 aromatic rings. The summed E-state index contributed by atoms with van der Waals surface area (Å²) in [5, 5.41) is 6.11. The van der Waals surface area contributed by atoms with E-state index in [9.17, 15) is 9.59 Å². The van der Waals surface area contributed by atoms with E-state index in [1.807, 2.05) is 36.4 Å². The molecule has 0 saturated heterocycles. The second kappa shape index (κ2) is 13.3. The predicted octanol–water partition coefficient (Wildman–Crippen LogP) is 7.07. The first-order chi connectivity index (χ1) is 19.2. The number of hydrogen-bond donors (Lipinski definition) is 1. The smallest absolute Gasteiger partial charge is 0.343 e. The fourth-order valence-electron chi connectivity index (χ4n) is 4.00. The largest absolute Gasteiger partial charge is 0.493 e. The standard InChI is InChI=1S/C29H23Br3N2O6/c1-37-24-11-17(12-25(38-2)28(24)39-3)29(36)40-27-18(10-19(30)14-23(27)32)15-33-34-26(35)13-16-8-9-22(31)21-7-5-4-6-20(16)21/h4-12,14-15H,13H2,1-3H3,(H,34,35). The lowest BCUT2D eigenvalue weighted by Crippen LogP contribution is -2.20. The van der Waals surface area contributed by atoms with Gasteiger partial charge in [-0.15, -0.1) is 0 Å². The topological polar surface area (TPSA) is 95.5 Å². The number of hydrazone groups is 1. The monoisotopic (exact) mass is 732 g/mol. The van der Waals surface area contributed by atoms with Crippen LogP contribution in [0.25, 0.3) is 10.8 Å². The summed E-state index contributed by atoms with van der Waals surface area (Å²) >= 11 is 10.4. The predicted molar refractivity (Wildman–Crippen MR) is 164 cm³/mol. The van der Waals surface area contributed by atoms with Gasteiger partial charge >= 0.3 is 5.97 Å². The maximum absolute atomic E-state index is 13.1. The van der Waals surface area contributed by atoms with Crippen molar-refractivity contribution in [2.75, 3.05) is 21.3 Å². The number of nitrogens with one attached hydrogen (secondary N) is 1. The first-order valence-electron chi connectivity index (χ1n) is 11.7. The van der Waals surface area contributed by atoms with Crippen LogP contribution in [0.4, 0.5) is 0 Å². The lowest BCUT2D eigenvalue weighted by atomic mass is 10.0. The molecule has 0 aliphatic carbocycles. The van der Waals surface area contributed by atoms with Gasteiger partial charge in [-0.1, -0.05) is 62.2 Å². The zero-order chi connectivity index (χ0) is 28.8. The van der Waals surface area contributed by atoms with E-state index >= 15 is 0 Å². The Morgan fingerprint density at radius 2 is 1.50 bits per heavy atom. The minimum absolute atomic E-state index is 0.135. The van der Waals surface area contributed by atoms with Crippen molar-refractivity contribution in [3.05, 3.63) is 90.8 Å². The summed E-state index contributed by atoms with van der Waals surface area (Å²) in [7, 11) is 4.39. The average Bonchev–Trinajstić information content (AvgIpc) is 2.95. The zero-order valence-corrected chi connectivity index (χ0v) is 26.3. The van der Waals surface area contributed by atoms with Crippen molar-refractivity contribution in [3.63, 3.8) is 0 Å². The number of ether oxygens (including phenoxy) is 4. The van der Waals surface area contributed by atoms with E-state index in [4.69, 9.17) is 18.9 Å². The van der Waals surface area contributed by atoms with Crippen LogP contribution in [0, 0.1) is 0 Å². The summed E-state index contributed by atoms with van der Waals surface area (Å²) in [4.78, 5) is 25.8. The number of carbonyl (C=O) groups excluding carboxylic acids is 2. The van der Waals surface area contributed by atoms with E-state index in [1.165, 1.54) is 39.7 Å². The second-order valence-electron chi connectivity index (χ2n) is 8.33. The van der Waals surface area contributed by atoms with Gasteiger partial charge in [0.25, 0.3) is 0 Å². The van der Waals surface area contributed by atoms with E-state index in [0.29, 0.717) is 31.8 Å². The van der Waals surface area contributed by atoms with Gasteiger partial charge in [0.2, 0.25) is 11.7 Å². The molecule has 0 heterocycles. The number of carbonyl (C=O) groups is 2. The SMILES string of the molecule is COc1cc(C(=O)Oc2c(Br)cc(Br)cc2C=NNC(=O)Cc2ccc(Br)c3ccccc23)cc(OC)c1OC. The number of benzene rings is 4. The number of esters is 1. The Morgan fingerprint density at radius 1 is 0.825 bits per heavy atom. The number of rotatable bonds is 9. The van der Waals surface area contributed by atoms with E-state index in [0.717, 1.165) is 20.8 Å². The number of amides is 1. The van der Waals surface area contributed by atoms with Crippen LogP contribution in [0.5, 0.6) is 23.0 Å². The molecule has 11 heteroatoms. The van der Waals surface area contributed by atoms with Crippen LogP contribution < -0.4 is 24.4 Å². The number of methoxy groups -OCH3 is 3. The van der Waals surface area contributed by atoms with Gasteiger partial charge < -0.3 is 18.9 Å². The van der Waals surface area contributed by atoms with Crippen LogP contribution in [0.2, 0.25) is 0 Å². The van der Waals surface area contributed by atoms with Gasteiger partial charge in [-0.3, -0.25) is 4.79 Å². The first-order valence-corrected chi connectivity index (χ1v) is 14.1. The molecule has 206 valence electrons. The van der Waals surface area contributed by atoms with Crippen LogP contribution in [0.1, 0.15) is 21.5 Å². The minimum Gasteiger partial charge on any atom is -0.493 e. The molecule has 1 N–H and O–H groups in total. The zero-order valence-electron chi connectivity index (χ0n) is 21.6. The fourth-order valence-corrected chi connectivity index (χ4v) is 5.82. The number of nitrogens with zero attached hydrogens (tertiary/aromatic N) is 1. The van der Waals surface area contributed by atoms with Crippen LogP contribution >= 0.6 is 47.8 Å². The summed E-state index contributed by atoms with van der Waals surface area (Å²) < 4.78 is 23.9. The first kappa shape index (κ1) is 29.6. The second-order valence-corrected chi connectivity index (χ2v) is 11.0. The third-order valence-electron chi connectivity index (χ3n) is 5.84. The fraction of sp³-hybridized carbons (Fsp3) is 0.138. The Labute approximate surface area is 256 Å². The Kier molecular flexibility index (Phi) is 9.83. The molecule has 8 nitrogen and oxygen atoms in total. The van der Waals surface area contributed by atoms with E-state index in [-0.39, 0.29) is 23.6 Å². The van der Waals surface area contributed by atoms with Crippen molar-refractivity contribution >= 4 is 76.7 Å². The van der Waals surface area contributed by atoms with Crippen molar-refractivity contribution in [3.8, 4) is 23.0 Å². The lowest BCUT2D eigenvalue weighted by Gasteiger charge is -2.15. The Balaban J connectivity index is 1.54. The normalized spacial score (nSPS) is 10.9. The molecule has 0 radical (unpaired) electrons. The van der Waals surface area contributed by atoms with Gasteiger partial charge in [0, 0.05) is 14.5 Å². The third kappa shape index (κ3) is 6.65. The van der Waals surface area contributed by atoms with Crippen LogP contribution in [-0.4, -0.2) is 39.4 Å². The van der Waals surface area contributed by atoms with Gasteiger partial charge in [-0.25, -0.2) is 10.2 Å². The molecule has 0 bridgehead atoms. The molecule has 0 spiro atoms. The number of hydrogen-bond acceptors (Lipinski definition) is 7. The summed E-state index contributed by atoms with van der Waals surface area (Å²) in [6, 6.07) is 18.1. The summed E-state index contributed by atoms with van der Waals surface area (Å²) in [5.74, 6) is 0.222. The molecule has 0 aliphatic rings. The lowest BCUT2D eigenvalue weighted by molar-refractivity contribution is -0.120. The summed E-state index contributed by atoms with van der Waals surface area (Å²) in [6.45, 7) is 0. The molecular weight excluding hydrogens is 712 g/mol. The van der Waals surface area contributed by atoms with Gasteiger partial charge in [-0.2, -0.15) is 5.10 Å². The van der Waals surface area contributed by atoms with Crippen LogP contribution in [0.3, 0.4) is 0 Å². The van der Waals surface area contributed by atoms with E-state index in [2.05, 4.69) is 58.3 Å². The molecule has 0 aromatic heterocycles. The quantitative estimate of drug-likeness (QED) is 0.0857. The van der Waals surface area contributed by atoms with Crippen LogP contribution in [-0.2, 0) is 11.2 Å². The molecule has 0 saturated carbocycles. The molecule has 4 rings (SSSR count). The molecule has 1 amide bonds. The Bertz CT molecular complexity index is 1600.